The summed E-state index contributed by atoms with van der Waals surface area (Å²) in [7, 11) is 4.51. The van der Waals surface area contributed by atoms with E-state index in [9.17, 15) is 18.4 Å². The Kier molecular flexibility index (Phi) is 8.88. The van der Waals surface area contributed by atoms with Crippen LogP contribution in [0.3, 0.4) is 0 Å². The van der Waals surface area contributed by atoms with Crippen LogP contribution in [0.15, 0.2) is 71.8 Å². The fourth-order valence-corrected chi connectivity index (χ4v) is 4.43. The minimum absolute atomic E-state index is 0.0858. The van der Waals surface area contributed by atoms with Gasteiger partial charge in [0.25, 0.3) is 11.8 Å². The first kappa shape index (κ1) is 27.7. The van der Waals surface area contributed by atoms with Crippen LogP contribution in [0.4, 0.5) is 8.78 Å². The predicted octanol–water partition coefficient (Wildman–Crippen LogP) is 4.45. The number of amides is 2. The molecule has 1 atom stereocenters. The highest BCUT2D eigenvalue weighted by Crippen LogP contribution is 2.39. The van der Waals surface area contributed by atoms with Gasteiger partial charge in [0.2, 0.25) is 0 Å². The minimum atomic E-state index is -0.661. The van der Waals surface area contributed by atoms with Crippen LogP contribution in [0.25, 0.3) is 0 Å². The molecule has 8 nitrogen and oxygen atoms in total. The molecule has 1 aliphatic rings. The van der Waals surface area contributed by atoms with Gasteiger partial charge in [0.1, 0.15) is 29.7 Å². The van der Waals surface area contributed by atoms with Crippen molar-refractivity contribution in [3.05, 3.63) is 95.1 Å². The number of hydrazone groups is 1. The van der Waals surface area contributed by atoms with Crippen LogP contribution in [0, 0.1) is 11.6 Å². The van der Waals surface area contributed by atoms with Gasteiger partial charge in [0, 0.05) is 36.8 Å². The molecule has 0 fully saturated rings. The van der Waals surface area contributed by atoms with Crippen LogP contribution in [-0.4, -0.2) is 68.5 Å². The largest absolute Gasteiger partial charge is 0.497 e. The molecule has 0 radical (unpaired) electrons. The van der Waals surface area contributed by atoms with Gasteiger partial charge in [0.15, 0.2) is 0 Å². The van der Waals surface area contributed by atoms with Gasteiger partial charge in [-0.3, -0.25) is 9.59 Å². The summed E-state index contributed by atoms with van der Waals surface area (Å²) in [6.45, 7) is -0.122. The highest BCUT2D eigenvalue weighted by molar-refractivity contribution is 6.04. The SMILES string of the molecule is COCCN(CC(=O)N1N=C(c2ccccc2F)CC1c1cc(OC)ccc1OC)C(=O)c1cccc(F)c1. The van der Waals surface area contributed by atoms with E-state index in [-0.39, 0.29) is 37.2 Å². The van der Waals surface area contributed by atoms with E-state index in [1.807, 2.05) is 0 Å². The predicted molar refractivity (Wildman–Crippen MR) is 141 cm³/mol. The van der Waals surface area contributed by atoms with Gasteiger partial charge in [-0.25, -0.2) is 13.8 Å². The number of rotatable bonds is 10. The summed E-state index contributed by atoms with van der Waals surface area (Å²) >= 11 is 0. The normalized spacial score (nSPS) is 14.6. The molecule has 3 aromatic rings. The molecule has 4 rings (SSSR count). The zero-order valence-corrected chi connectivity index (χ0v) is 21.9. The van der Waals surface area contributed by atoms with Crippen LogP contribution in [0.1, 0.15) is 33.9 Å². The maximum absolute atomic E-state index is 14.7. The average molecular weight is 538 g/mol. The zero-order chi connectivity index (χ0) is 27.9. The molecule has 10 heteroatoms. The third kappa shape index (κ3) is 6.23. The number of ether oxygens (including phenoxy) is 3. The van der Waals surface area contributed by atoms with Crippen molar-refractivity contribution in [3.8, 4) is 11.5 Å². The van der Waals surface area contributed by atoms with Crippen molar-refractivity contribution >= 4 is 17.5 Å². The van der Waals surface area contributed by atoms with E-state index in [0.29, 0.717) is 22.8 Å². The van der Waals surface area contributed by atoms with E-state index in [1.54, 1.807) is 36.4 Å². The first-order valence-corrected chi connectivity index (χ1v) is 12.3. The third-order valence-electron chi connectivity index (χ3n) is 6.40. The van der Waals surface area contributed by atoms with Crippen molar-refractivity contribution in [1.82, 2.24) is 9.91 Å². The number of nitrogens with zero attached hydrogens (tertiary/aromatic N) is 3. The molecule has 0 N–H and O–H groups in total. The summed E-state index contributed by atoms with van der Waals surface area (Å²) in [5.41, 5.74) is 1.35. The van der Waals surface area contributed by atoms with Gasteiger partial charge in [0.05, 0.1) is 32.6 Å². The van der Waals surface area contributed by atoms with Crippen LogP contribution in [-0.2, 0) is 9.53 Å². The molecule has 0 aromatic heterocycles. The van der Waals surface area contributed by atoms with Crippen LogP contribution in [0.2, 0.25) is 0 Å². The van der Waals surface area contributed by atoms with Crippen molar-refractivity contribution in [1.29, 1.82) is 0 Å². The van der Waals surface area contributed by atoms with Crippen LogP contribution in [0.5, 0.6) is 11.5 Å². The number of halogens is 2. The van der Waals surface area contributed by atoms with Crippen molar-refractivity contribution in [2.45, 2.75) is 12.5 Å². The summed E-state index contributed by atoms with van der Waals surface area (Å²) in [5, 5.41) is 5.77. The molecule has 1 heterocycles. The van der Waals surface area contributed by atoms with E-state index in [2.05, 4.69) is 5.10 Å². The fourth-order valence-electron chi connectivity index (χ4n) is 4.43. The standard InChI is InChI=1S/C29H29F2N3O5/c1-37-14-13-33(29(36)19-7-6-8-20(30)15-19)18-28(35)34-26(23-16-21(38-2)11-12-27(23)39-3)17-25(32-34)22-9-4-5-10-24(22)31/h4-12,15-16,26H,13-14,17-18H2,1-3H3. The highest BCUT2D eigenvalue weighted by atomic mass is 19.1. The molecule has 39 heavy (non-hydrogen) atoms. The molecule has 1 aliphatic heterocycles. The summed E-state index contributed by atoms with van der Waals surface area (Å²) < 4.78 is 44.6. The molecule has 0 aliphatic carbocycles. The third-order valence-corrected chi connectivity index (χ3v) is 6.40. The average Bonchev–Trinajstić information content (AvgIpc) is 3.40. The number of benzene rings is 3. The Morgan fingerprint density at radius 2 is 1.79 bits per heavy atom. The maximum atomic E-state index is 14.7. The number of carbonyl (C=O) groups is 2. The Bertz CT molecular complexity index is 1380. The first-order valence-electron chi connectivity index (χ1n) is 12.3. The second-order valence-electron chi connectivity index (χ2n) is 8.82. The van der Waals surface area contributed by atoms with Crippen molar-refractivity contribution in [2.75, 3.05) is 41.0 Å². The lowest BCUT2D eigenvalue weighted by Gasteiger charge is -2.28. The zero-order valence-electron chi connectivity index (χ0n) is 21.9. The number of hydrogen-bond donors (Lipinski definition) is 0. The number of carbonyl (C=O) groups excluding carboxylic acids is 2. The van der Waals surface area contributed by atoms with E-state index in [1.165, 1.54) is 55.5 Å². The lowest BCUT2D eigenvalue weighted by Crippen LogP contribution is -2.42. The molecule has 0 spiro atoms. The molecular weight excluding hydrogens is 508 g/mol. The first-order chi connectivity index (χ1) is 18.9. The summed E-state index contributed by atoms with van der Waals surface area (Å²) in [6.07, 6.45) is 0.201. The summed E-state index contributed by atoms with van der Waals surface area (Å²) in [6, 6.07) is 16.0. The van der Waals surface area contributed by atoms with E-state index in [4.69, 9.17) is 14.2 Å². The van der Waals surface area contributed by atoms with Crippen LogP contribution < -0.4 is 9.47 Å². The molecular formula is C29H29F2N3O5. The number of methoxy groups -OCH3 is 3. The monoisotopic (exact) mass is 537 g/mol. The van der Waals surface area contributed by atoms with E-state index < -0.39 is 29.5 Å². The van der Waals surface area contributed by atoms with E-state index >= 15 is 0 Å². The second kappa shape index (κ2) is 12.5. The van der Waals surface area contributed by atoms with Gasteiger partial charge >= 0.3 is 0 Å². The highest BCUT2D eigenvalue weighted by Gasteiger charge is 2.37. The maximum Gasteiger partial charge on any atom is 0.262 e. The minimum Gasteiger partial charge on any atom is -0.497 e. The molecule has 0 bridgehead atoms. The lowest BCUT2D eigenvalue weighted by molar-refractivity contribution is -0.133. The van der Waals surface area contributed by atoms with Crippen molar-refractivity contribution < 1.29 is 32.6 Å². The second-order valence-corrected chi connectivity index (χ2v) is 8.82. The molecule has 2 amide bonds. The Balaban J connectivity index is 1.71. The molecule has 204 valence electrons. The Hall–Kier alpha value is -4.31. The van der Waals surface area contributed by atoms with E-state index in [0.717, 1.165) is 6.07 Å². The Labute approximate surface area is 225 Å². The van der Waals surface area contributed by atoms with Gasteiger partial charge in [-0.1, -0.05) is 24.3 Å². The number of hydrogen-bond acceptors (Lipinski definition) is 6. The van der Waals surface area contributed by atoms with Gasteiger partial charge in [-0.2, -0.15) is 5.10 Å². The van der Waals surface area contributed by atoms with Gasteiger partial charge in [-0.05, 0) is 42.5 Å². The van der Waals surface area contributed by atoms with Crippen molar-refractivity contribution in [2.24, 2.45) is 5.10 Å². The van der Waals surface area contributed by atoms with Gasteiger partial charge < -0.3 is 19.1 Å². The van der Waals surface area contributed by atoms with Crippen LogP contribution >= 0.6 is 0 Å². The topological polar surface area (TPSA) is 80.7 Å². The lowest BCUT2D eigenvalue weighted by atomic mass is 9.97. The molecule has 3 aromatic carbocycles. The van der Waals surface area contributed by atoms with Gasteiger partial charge in [-0.15, -0.1) is 0 Å². The fraction of sp³-hybridized carbons (Fsp3) is 0.276. The Morgan fingerprint density at radius 1 is 1.00 bits per heavy atom. The summed E-state index contributed by atoms with van der Waals surface area (Å²) in [4.78, 5) is 28.3. The molecule has 1 unspecified atom stereocenters. The molecule has 0 saturated carbocycles. The smallest absolute Gasteiger partial charge is 0.262 e. The summed E-state index contributed by atoms with van der Waals surface area (Å²) in [5.74, 6) is -1.05. The Morgan fingerprint density at radius 3 is 2.49 bits per heavy atom. The quantitative estimate of drug-likeness (QED) is 0.382. The van der Waals surface area contributed by atoms with Crippen molar-refractivity contribution in [3.63, 3.8) is 0 Å². The molecule has 0 saturated heterocycles.